The molecular weight excluding hydrogens is 287 g/mol. The molecule has 1 heterocycles. The molecule has 7 heteroatoms. The number of nitrogens with two attached hydrogens (primary N) is 1. The van der Waals surface area contributed by atoms with Gasteiger partial charge in [-0.05, 0) is 28.1 Å². The summed E-state index contributed by atoms with van der Waals surface area (Å²) >= 11 is 3.16. The van der Waals surface area contributed by atoms with Crippen LogP contribution in [0, 0.1) is 0 Å². The molecule has 2 N–H and O–H groups in total. The van der Waals surface area contributed by atoms with Crippen molar-refractivity contribution in [3.8, 4) is 0 Å². The van der Waals surface area contributed by atoms with Gasteiger partial charge < -0.3 is 10.6 Å². The van der Waals surface area contributed by atoms with E-state index in [0.717, 1.165) is 4.90 Å². The van der Waals surface area contributed by atoms with Crippen molar-refractivity contribution in [1.29, 1.82) is 0 Å². The van der Waals surface area contributed by atoms with E-state index in [1.54, 1.807) is 12.1 Å². The molecule has 0 aliphatic heterocycles. The highest BCUT2D eigenvalue weighted by atomic mass is 79.9. The second kappa shape index (κ2) is 5.49. The molecule has 0 saturated heterocycles. The zero-order chi connectivity index (χ0) is 12.2. The molecule has 0 fully saturated rings. The molecule has 0 radical (unpaired) electrons. The summed E-state index contributed by atoms with van der Waals surface area (Å²) in [5.74, 6) is 0.255. The van der Waals surface area contributed by atoms with Gasteiger partial charge in [0.1, 0.15) is 12.4 Å². The fourth-order valence-corrected chi connectivity index (χ4v) is 1.75. The third-order valence-corrected chi connectivity index (χ3v) is 2.43. The minimum absolute atomic E-state index is 0.106. The third-order valence-electron chi connectivity index (χ3n) is 1.81. The highest BCUT2D eigenvalue weighted by molar-refractivity contribution is 9.10. The van der Waals surface area contributed by atoms with Crippen LogP contribution in [0.15, 0.2) is 22.8 Å². The van der Waals surface area contributed by atoms with Crippen molar-refractivity contribution in [2.75, 3.05) is 24.5 Å². The minimum atomic E-state index is -4.27. The van der Waals surface area contributed by atoms with Gasteiger partial charge in [-0.1, -0.05) is 0 Å². The maximum Gasteiger partial charge on any atom is 0.405 e. The summed E-state index contributed by atoms with van der Waals surface area (Å²) < 4.78 is 37.5. The number of nitrogens with zero attached hydrogens (tertiary/aromatic N) is 2. The molecule has 1 rings (SSSR count). The van der Waals surface area contributed by atoms with Gasteiger partial charge in [-0.15, -0.1) is 0 Å². The van der Waals surface area contributed by atoms with Crippen LogP contribution < -0.4 is 10.6 Å². The Balaban J connectivity index is 2.89. The Labute approximate surface area is 99.6 Å². The highest BCUT2D eigenvalue weighted by Gasteiger charge is 2.31. The molecule has 0 aromatic carbocycles. The van der Waals surface area contributed by atoms with Crippen molar-refractivity contribution in [3.05, 3.63) is 22.8 Å². The first-order valence-corrected chi connectivity index (χ1v) is 5.35. The quantitative estimate of drug-likeness (QED) is 0.926. The molecule has 16 heavy (non-hydrogen) atoms. The monoisotopic (exact) mass is 297 g/mol. The van der Waals surface area contributed by atoms with Gasteiger partial charge >= 0.3 is 6.18 Å². The Morgan fingerprint density at radius 1 is 1.44 bits per heavy atom. The van der Waals surface area contributed by atoms with Gasteiger partial charge in [-0.2, -0.15) is 13.2 Å². The Kier molecular flexibility index (Phi) is 4.55. The van der Waals surface area contributed by atoms with Crippen LogP contribution in [-0.4, -0.2) is 30.8 Å². The van der Waals surface area contributed by atoms with Crippen molar-refractivity contribution in [2.45, 2.75) is 6.18 Å². The van der Waals surface area contributed by atoms with Crippen molar-refractivity contribution in [3.63, 3.8) is 0 Å². The van der Waals surface area contributed by atoms with Gasteiger partial charge in [0.15, 0.2) is 0 Å². The van der Waals surface area contributed by atoms with E-state index in [-0.39, 0.29) is 18.9 Å². The highest BCUT2D eigenvalue weighted by Crippen LogP contribution is 2.26. The van der Waals surface area contributed by atoms with Crippen molar-refractivity contribution < 1.29 is 13.2 Å². The average Bonchev–Trinajstić information content (AvgIpc) is 2.16. The van der Waals surface area contributed by atoms with Crippen LogP contribution in [0.1, 0.15) is 0 Å². The Morgan fingerprint density at radius 3 is 2.62 bits per heavy atom. The normalized spacial score (nSPS) is 11.6. The van der Waals surface area contributed by atoms with E-state index in [0.29, 0.717) is 4.47 Å². The van der Waals surface area contributed by atoms with E-state index in [1.807, 2.05) is 0 Å². The second-order valence-corrected chi connectivity index (χ2v) is 3.99. The molecule has 0 aliphatic rings. The van der Waals surface area contributed by atoms with E-state index in [9.17, 15) is 13.2 Å². The molecule has 90 valence electrons. The maximum absolute atomic E-state index is 12.3. The fraction of sp³-hybridized carbons (Fsp3) is 0.444. The summed E-state index contributed by atoms with van der Waals surface area (Å²) in [4.78, 5) is 5.01. The summed E-state index contributed by atoms with van der Waals surface area (Å²) in [5, 5.41) is 0. The minimum Gasteiger partial charge on any atom is -0.345 e. The molecule has 0 atom stereocenters. The summed E-state index contributed by atoms with van der Waals surface area (Å²) in [6, 6.07) is 3.28. The number of halogens is 4. The molecule has 0 saturated carbocycles. The lowest BCUT2D eigenvalue weighted by atomic mass is 10.4. The van der Waals surface area contributed by atoms with Gasteiger partial charge in [-0.3, -0.25) is 0 Å². The molecule has 1 aromatic heterocycles. The summed E-state index contributed by atoms with van der Waals surface area (Å²) in [6.45, 7) is -0.811. The molecule has 0 bridgehead atoms. The molecule has 0 spiro atoms. The summed E-state index contributed by atoms with van der Waals surface area (Å²) in [7, 11) is 0. The van der Waals surface area contributed by atoms with Gasteiger partial charge in [-0.25, -0.2) is 4.98 Å². The predicted octanol–water partition coefficient (Wildman–Crippen LogP) is 2.17. The largest absolute Gasteiger partial charge is 0.405 e. The average molecular weight is 298 g/mol. The van der Waals surface area contributed by atoms with E-state index < -0.39 is 12.7 Å². The summed E-state index contributed by atoms with van der Waals surface area (Å²) in [6.07, 6.45) is -2.83. The van der Waals surface area contributed by atoms with Crippen LogP contribution in [0.2, 0.25) is 0 Å². The molecule has 1 aromatic rings. The second-order valence-electron chi connectivity index (χ2n) is 3.13. The van der Waals surface area contributed by atoms with Crippen LogP contribution in [0.25, 0.3) is 0 Å². The zero-order valence-electron chi connectivity index (χ0n) is 8.34. The first-order chi connectivity index (χ1) is 7.44. The van der Waals surface area contributed by atoms with Crippen LogP contribution in [0.3, 0.4) is 0 Å². The van der Waals surface area contributed by atoms with Gasteiger partial charge in [0.25, 0.3) is 0 Å². The fourth-order valence-electron chi connectivity index (χ4n) is 1.24. The lowest BCUT2D eigenvalue weighted by Gasteiger charge is -2.25. The van der Waals surface area contributed by atoms with Crippen LogP contribution in [-0.2, 0) is 0 Å². The maximum atomic E-state index is 12.3. The Morgan fingerprint density at radius 2 is 2.12 bits per heavy atom. The lowest BCUT2D eigenvalue weighted by Crippen LogP contribution is -2.38. The van der Waals surface area contributed by atoms with Crippen molar-refractivity contribution in [1.82, 2.24) is 4.98 Å². The molecular formula is C9H11BrF3N3. The number of aromatic nitrogens is 1. The van der Waals surface area contributed by atoms with Crippen molar-refractivity contribution >= 4 is 21.7 Å². The number of pyridine rings is 1. The number of hydrogen-bond acceptors (Lipinski definition) is 3. The number of hydrogen-bond donors (Lipinski definition) is 1. The molecule has 0 unspecified atom stereocenters. The van der Waals surface area contributed by atoms with Crippen molar-refractivity contribution in [2.24, 2.45) is 5.73 Å². The number of anilines is 1. The molecule has 0 amide bonds. The van der Waals surface area contributed by atoms with Gasteiger partial charge in [0, 0.05) is 19.3 Å². The first-order valence-electron chi connectivity index (χ1n) is 4.56. The van der Waals surface area contributed by atoms with E-state index >= 15 is 0 Å². The van der Waals surface area contributed by atoms with Crippen LogP contribution in [0.4, 0.5) is 19.0 Å². The van der Waals surface area contributed by atoms with Crippen LogP contribution >= 0.6 is 15.9 Å². The van der Waals surface area contributed by atoms with E-state index in [2.05, 4.69) is 20.9 Å². The summed E-state index contributed by atoms with van der Waals surface area (Å²) in [5.41, 5.74) is 5.28. The van der Waals surface area contributed by atoms with E-state index in [4.69, 9.17) is 5.73 Å². The van der Waals surface area contributed by atoms with Gasteiger partial charge in [0.05, 0.1) is 4.47 Å². The zero-order valence-corrected chi connectivity index (χ0v) is 9.92. The third kappa shape index (κ3) is 3.97. The van der Waals surface area contributed by atoms with E-state index in [1.165, 1.54) is 6.20 Å². The standard InChI is InChI=1S/C9H11BrF3N3/c10-7-2-1-4-15-8(7)16(5-3-14)6-9(11,12)13/h1-2,4H,3,5-6,14H2. The molecule has 0 aliphatic carbocycles. The lowest BCUT2D eigenvalue weighted by molar-refractivity contribution is -0.119. The smallest absolute Gasteiger partial charge is 0.345 e. The first kappa shape index (κ1) is 13.2. The molecule has 3 nitrogen and oxygen atoms in total. The van der Waals surface area contributed by atoms with Crippen LogP contribution in [0.5, 0.6) is 0 Å². The number of rotatable bonds is 4. The number of alkyl halides is 3. The topological polar surface area (TPSA) is 42.1 Å². The Bertz CT molecular complexity index is 343. The predicted molar refractivity (Wildman–Crippen MR) is 59.3 cm³/mol. The van der Waals surface area contributed by atoms with Gasteiger partial charge in [0.2, 0.25) is 0 Å². The Hall–Kier alpha value is -0.820. The SMILES string of the molecule is NCCN(CC(F)(F)F)c1ncccc1Br.